The van der Waals surface area contributed by atoms with Gasteiger partial charge in [0.1, 0.15) is 17.5 Å². The van der Waals surface area contributed by atoms with E-state index in [1.54, 1.807) is 0 Å². The highest BCUT2D eigenvalue weighted by Gasteiger charge is 1.96. The van der Waals surface area contributed by atoms with Crippen molar-refractivity contribution < 1.29 is 17.6 Å². The maximum absolute atomic E-state index is 11.9. The molecule has 0 amide bonds. The van der Waals surface area contributed by atoms with Crippen LogP contribution in [0.25, 0.3) is 0 Å². The molecule has 0 bridgehead atoms. The Morgan fingerprint density at radius 2 is 0.909 bits per heavy atom. The summed E-state index contributed by atoms with van der Waals surface area (Å²) in [5, 5.41) is 0. The summed E-state index contributed by atoms with van der Waals surface area (Å²) in [6, 6.07) is 1.84. The Kier molecular flexibility index (Phi) is 4.26. The van der Waals surface area contributed by atoms with E-state index in [1.807, 2.05) is 0 Å². The van der Waals surface area contributed by atoms with Crippen molar-refractivity contribution in [2.24, 2.45) is 0 Å². The molecule has 4 heteroatoms. The second kappa shape index (κ2) is 4.71. The molecule has 1 aromatic carbocycles. The maximum Gasteiger partial charge on any atom is 0.129 e. The molecular formula is C7H6F4. The molecule has 0 saturated heterocycles. The van der Waals surface area contributed by atoms with Gasteiger partial charge in [-0.15, -0.1) is 0 Å². The molecule has 0 saturated carbocycles. The summed E-state index contributed by atoms with van der Waals surface area (Å²) in [6.07, 6.45) is 0. The van der Waals surface area contributed by atoms with Crippen molar-refractivity contribution in [2.75, 3.05) is 7.18 Å². The van der Waals surface area contributed by atoms with Crippen molar-refractivity contribution in [3.8, 4) is 0 Å². The minimum Gasteiger partial charge on any atom is -0.255 e. The van der Waals surface area contributed by atoms with Crippen molar-refractivity contribution in [1.29, 1.82) is 0 Å². The maximum atomic E-state index is 11.9. The zero-order valence-corrected chi connectivity index (χ0v) is 5.74. The summed E-state index contributed by atoms with van der Waals surface area (Å²) in [6.45, 7) is 0. The molecule has 0 nitrogen and oxygen atoms in total. The summed E-state index contributed by atoms with van der Waals surface area (Å²) in [7, 11) is 0.500. The van der Waals surface area contributed by atoms with E-state index in [2.05, 4.69) is 0 Å². The Hall–Kier alpha value is -1.06. The van der Waals surface area contributed by atoms with Crippen LogP contribution in [0.5, 0.6) is 0 Å². The Morgan fingerprint density at radius 3 is 1.09 bits per heavy atom. The van der Waals surface area contributed by atoms with Gasteiger partial charge in [-0.1, -0.05) is 0 Å². The lowest BCUT2D eigenvalue weighted by Crippen LogP contribution is -1.81. The van der Waals surface area contributed by atoms with E-state index in [4.69, 9.17) is 0 Å². The van der Waals surface area contributed by atoms with E-state index < -0.39 is 17.5 Å². The average Bonchev–Trinajstić information content (AvgIpc) is 1.88. The molecule has 0 radical (unpaired) electrons. The van der Waals surface area contributed by atoms with Crippen molar-refractivity contribution in [2.45, 2.75) is 0 Å². The Morgan fingerprint density at radius 1 is 0.727 bits per heavy atom. The Labute approximate surface area is 61.5 Å². The van der Waals surface area contributed by atoms with Crippen LogP contribution in [0.4, 0.5) is 17.6 Å². The second-order valence-corrected chi connectivity index (χ2v) is 1.59. The summed E-state index contributed by atoms with van der Waals surface area (Å²) < 4.78 is 45.3. The zero-order chi connectivity index (χ0) is 8.85. The van der Waals surface area contributed by atoms with E-state index >= 15 is 0 Å². The molecule has 0 aliphatic heterocycles. The summed E-state index contributed by atoms with van der Waals surface area (Å²) >= 11 is 0. The van der Waals surface area contributed by atoms with Gasteiger partial charge in [-0.2, -0.15) is 0 Å². The third kappa shape index (κ3) is 3.60. The predicted molar refractivity (Wildman–Crippen MR) is 33.3 cm³/mol. The SMILES string of the molecule is CF.Fc1cc(F)cc(F)c1. The first-order valence-corrected chi connectivity index (χ1v) is 2.68. The fourth-order valence-electron chi connectivity index (χ4n) is 0.520. The number of hydrogen-bond acceptors (Lipinski definition) is 0. The first-order chi connectivity index (χ1) is 5.18. The molecule has 11 heavy (non-hydrogen) atoms. The second-order valence-electron chi connectivity index (χ2n) is 1.59. The van der Waals surface area contributed by atoms with Crippen LogP contribution in [0.1, 0.15) is 0 Å². The first-order valence-electron chi connectivity index (χ1n) is 2.68. The van der Waals surface area contributed by atoms with Gasteiger partial charge in [0.05, 0.1) is 7.18 Å². The Balaban J connectivity index is 0.000000461. The third-order valence-corrected chi connectivity index (χ3v) is 0.827. The minimum absolute atomic E-state index is 0.500. The standard InChI is InChI=1S/C6H3F3.CH3F/c7-4-1-5(8)3-6(9)2-4;1-2/h1-3H;1H3. The summed E-state index contributed by atoms with van der Waals surface area (Å²) in [4.78, 5) is 0. The van der Waals surface area contributed by atoms with Crippen LogP contribution < -0.4 is 0 Å². The van der Waals surface area contributed by atoms with E-state index in [1.165, 1.54) is 0 Å². The van der Waals surface area contributed by atoms with Crippen molar-refractivity contribution in [1.82, 2.24) is 0 Å². The van der Waals surface area contributed by atoms with Gasteiger partial charge in [-0.25, -0.2) is 13.2 Å². The summed E-state index contributed by atoms with van der Waals surface area (Å²) in [5.41, 5.74) is 0. The number of rotatable bonds is 0. The molecular weight excluding hydrogens is 160 g/mol. The van der Waals surface area contributed by atoms with Gasteiger partial charge in [0.15, 0.2) is 0 Å². The van der Waals surface area contributed by atoms with E-state index in [0.29, 0.717) is 25.4 Å². The molecule has 1 aromatic rings. The molecule has 0 atom stereocenters. The molecule has 0 heterocycles. The minimum atomic E-state index is -0.896. The molecule has 0 aliphatic rings. The van der Waals surface area contributed by atoms with Gasteiger partial charge >= 0.3 is 0 Å². The van der Waals surface area contributed by atoms with Gasteiger partial charge in [0.2, 0.25) is 0 Å². The molecule has 0 spiro atoms. The predicted octanol–water partition coefficient (Wildman–Crippen LogP) is 2.69. The van der Waals surface area contributed by atoms with Gasteiger partial charge in [-0.05, 0) is 0 Å². The lowest BCUT2D eigenvalue weighted by atomic mass is 10.3. The van der Waals surface area contributed by atoms with Crippen LogP contribution in [0.2, 0.25) is 0 Å². The zero-order valence-electron chi connectivity index (χ0n) is 5.74. The molecule has 0 aromatic heterocycles. The molecule has 62 valence electrons. The number of alkyl halides is 1. The highest BCUT2D eigenvalue weighted by Crippen LogP contribution is 2.04. The van der Waals surface area contributed by atoms with Crippen LogP contribution in [-0.2, 0) is 0 Å². The van der Waals surface area contributed by atoms with Crippen molar-refractivity contribution >= 4 is 0 Å². The van der Waals surface area contributed by atoms with Crippen LogP contribution in [-0.4, -0.2) is 7.18 Å². The van der Waals surface area contributed by atoms with Crippen LogP contribution in [0.15, 0.2) is 18.2 Å². The van der Waals surface area contributed by atoms with Gasteiger partial charge in [0, 0.05) is 18.2 Å². The lowest BCUT2D eigenvalue weighted by Gasteiger charge is -1.88. The smallest absolute Gasteiger partial charge is 0.129 e. The lowest BCUT2D eigenvalue weighted by molar-refractivity contribution is 0.543. The largest absolute Gasteiger partial charge is 0.255 e. The Bertz CT molecular complexity index is 171. The van der Waals surface area contributed by atoms with Crippen molar-refractivity contribution in [3.63, 3.8) is 0 Å². The molecule has 1 rings (SSSR count). The van der Waals surface area contributed by atoms with E-state index in [0.717, 1.165) is 0 Å². The first kappa shape index (κ1) is 9.94. The van der Waals surface area contributed by atoms with Crippen LogP contribution in [0.3, 0.4) is 0 Å². The highest BCUT2D eigenvalue weighted by molar-refractivity contribution is 5.07. The van der Waals surface area contributed by atoms with Gasteiger partial charge in [0.25, 0.3) is 0 Å². The molecule has 0 N–H and O–H groups in total. The topological polar surface area (TPSA) is 0 Å². The molecule has 0 unspecified atom stereocenters. The highest BCUT2D eigenvalue weighted by atomic mass is 19.1. The number of halogens is 4. The van der Waals surface area contributed by atoms with Crippen LogP contribution >= 0.6 is 0 Å². The fraction of sp³-hybridized carbons (Fsp3) is 0.143. The average molecular weight is 166 g/mol. The molecule has 0 fully saturated rings. The van der Waals surface area contributed by atoms with E-state index in [9.17, 15) is 17.6 Å². The monoisotopic (exact) mass is 166 g/mol. The fourth-order valence-corrected chi connectivity index (χ4v) is 0.520. The van der Waals surface area contributed by atoms with Gasteiger partial charge < -0.3 is 0 Å². The summed E-state index contributed by atoms with van der Waals surface area (Å²) in [5.74, 6) is -2.69. The van der Waals surface area contributed by atoms with E-state index in [-0.39, 0.29) is 0 Å². The quantitative estimate of drug-likeness (QED) is 0.520. The number of hydrogen-bond donors (Lipinski definition) is 0. The normalized spacial score (nSPS) is 8.45. The molecule has 0 aliphatic carbocycles. The van der Waals surface area contributed by atoms with Crippen molar-refractivity contribution in [3.05, 3.63) is 35.7 Å². The van der Waals surface area contributed by atoms with Gasteiger partial charge in [-0.3, -0.25) is 4.39 Å². The third-order valence-electron chi connectivity index (χ3n) is 0.827. The number of benzene rings is 1. The van der Waals surface area contributed by atoms with Crippen LogP contribution in [0, 0.1) is 17.5 Å².